The van der Waals surface area contributed by atoms with Gasteiger partial charge in [-0.15, -0.1) is 10.9 Å². The fraction of sp³-hybridized carbons (Fsp3) is 0.111. The van der Waals surface area contributed by atoms with E-state index in [2.05, 4.69) is 35.8 Å². The molecule has 57 heavy (non-hydrogen) atoms. The number of benzene rings is 5. The third kappa shape index (κ3) is 13.1. The Morgan fingerprint density at radius 2 is 1.23 bits per heavy atom. The number of allylic oxidation sites excluding steroid dienone is 1. The summed E-state index contributed by atoms with van der Waals surface area (Å²) in [5.74, 6) is -3.09. The van der Waals surface area contributed by atoms with Gasteiger partial charge >= 0.3 is 53.0 Å². The Kier molecular flexibility index (Phi) is 17.4. The van der Waals surface area contributed by atoms with Gasteiger partial charge in [0.15, 0.2) is 19.7 Å². The molecule has 17 nitrogen and oxygen atoms in total. The van der Waals surface area contributed by atoms with Gasteiger partial charge in [-0.2, -0.15) is 15.3 Å². The van der Waals surface area contributed by atoms with Crippen LogP contribution >= 0.6 is 0 Å². The number of hydrogen-bond donors (Lipinski definition) is 2. The van der Waals surface area contributed by atoms with Crippen LogP contribution in [-0.2, 0) is 46.6 Å². The van der Waals surface area contributed by atoms with E-state index < -0.39 is 60.4 Å². The van der Waals surface area contributed by atoms with Crippen molar-refractivity contribution in [1.82, 2.24) is 0 Å². The van der Waals surface area contributed by atoms with Crippen LogP contribution in [0.25, 0.3) is 10.8 Å². The standard InChI is InChI=1S/C19H17N3O6S.C17H17N3O5S.Cr.Na/c1-28-19(25)20-13-5-3-4-11-6-8-16(24)18(17(11)13)22-21-14-10-12(29(2,26)27)7-9-15(14)23;1-11(21)16(17(23)18-12-6-4-3-5-7-12)20-19-14-10-13(26(2,24)25)8-9-15(14)22;;/h3-10,23-24H,1-2H3,(H,20,25);3-10,21-22H,1-2H3,(H,18,23);;/q;;+3;+1/p-4/b;16-11+,20-19?;;. The van der Waals surface area contributed by atoms with Crippen molar-refractivity contribution in [2.24, 2.45) is 20.5 Å². The molecule has 5 aromatic carbocycles. The van der Waals surface area contributed by atoms with E-state index in [0.717, 1.165) is 49.8 Å². The van der Waals surface area contributed by atoms with Crippen molar-refractivity contribution >= 4 is 70.9 Å². The number of azo groups is 2. The van der Waals surface area contributed by atoms with E-state index in [9.17, 15) is 46.9 Å². The summed E-state index contributed by atoms with van der Waals surface area (Å²) >= 11 is 0. The molecular formula is C36H30CrN6NaO11S2. The summed E-state index contributed by atoms with van der Waals surface area (Å²) in [5, 5.41) is 68.7. The maximum atomic E-state index is 12.4. The van der Waals surface area contributed by atoms with Gasteiger partial charge in [0.05, 0.1) is 39.7 Å². The van der Waals surface area contributed by atoms with E-state index in [1.54, 1.807) is 54.6 Å². The first-order valence-electron chi connectivity index (χ1n) is 15.6. The molecule has 0 saturated heterocycles. The Labute approximate surface area is 360 Å². The minimum Gasteiger partial charge on any atom is -0.874 e. The van der Waals surface area contributed by atoms with Crippen molar-refractivity contribution < 1.29 is 98.5 Å². The predicted octanol–water partition coefficient (Wildman–Crippen LogP) is 1.46. The van der Waals surface area contributed by atoms with Gasteiger partial charge in [0.2, 0.25) is 0 Å². The zero-order valence-electron chi connectivity index (χ0n) is 30.7. The van der Waals surface area contributed by atoms with Crippen LogP contribution in [0.4, 0.5) is 33.2 Å². The normalized spacial score (nSPS) is 11.7. The van der Waals surface area contributed by atoms with E-state index in [1.165, 1.54) is 19.2 Å². The Morgan fingerprint density at radius 3 is 1.75 bits per heavy atom. The molecule has 0 aliphatic carbocycles. The summed E-state index contributed by atoms with van der Waals surface area (Å²) in [6.07, 6.45) is 1.24. The number of anilines is 2. The van der Waals surface area contributed by atoms with E-state index in [4.69, 9.17) is 0 Å². The number of amides is 2. The fourth-order valence-corrected chi connectivity index (χ4v) is 5.79. The van der Waals surface area contributed by atoms with Crippen LogP contribution in [0.1, 0.15) is 6.92 Å². The first-order valence-corrected chi connectivity index (χ1v) is 19.3. The molecule has 1 radical (unpaired) electrons. The van der Waals surface area contributed by atoms with E-state index in [0.29, 0.717) is 16.5 Å². The number of carbonyl (C=O) groups is 2. The molecule has 0 unspecified atom stereocenters. The SMILES string of the molecule is C/C([O-])=C(\N=Nc1cc(S(C)(=O)=O)ccc1[O-])C(=O)Nc1ccccc1.COC(=O)Nc1cccc2ccc([O-])c(N=Nc3cc(S(C)(=O)=O)ccc3[O-])c12.[Cr+3].[Na+]. The van der Waals surface area contributed by atoms with E-state index >= 15 is 0 Å². The zero-order chi connectivity index (χ0) is 40.5. The van der Waals surface area contributed by atoms with Crippen molar-refractivity contribution in [2.75, 3.05) is 30.3 Å². The van der Waals surface area contributed by atoms with Crippen LogP contribution in [0.5, 0.6) is 17.2 Å². The number of ether oxygens (including phenoxy) is 1. The summed E-state index contributed by atoms with van der Waals surface area (Å²) in [4.78, 5) is 23.6. The number of hydrogen-bond acceptors (Lipinski definition) is 15. The second kappa shape index (κ2) is 20.7. The molecule has 0 aromatic heterocycles. The number of rotatable bonds is 9. The van der Waals surface area contributed by atoms with Crippen molar-refractivity contribution in [3.05, 3.63) is 109 Å². The number of nitrogens with zero attached hydrogens (tertiary/aromatic N) is 4. The summed E-state index contributed by atoms with van der Waals surface area (Å²) in [5.41, 5.74) is -0.429. The van der Waals surface area contributed by atoms with Crippen molar-refractivity contribution in [3.63, 3.8) is 0 Å². The molecule has 2 N–H and O–H groups in total. The molecule has 5 aromatic rings. The minimum atomic E-state index is -3.55. The third-order valence-corrected chi connectivity index (χ3v) is 9.44. The Morgan fingerprint density at radius 1 is 0.684 bits per heavy atom. The second-order valence-electron chi connectivity index (χ2n) is 11.4. The fourth-order valence-electron chi connectivity index (χ4n) is 4.51. The summed E-state index contributed by atoms with van der Waals surface area (Å²) < 4.78 is 51.1. The number of sulfone groups is 2. The van der Waals surface area contributed by atoms with E-state index in [1.807, 2.05) is 0 Å². The Hall–Kier alpha value is -5.33. The van der Waals surface area contributed by atoms with Gasteiger partial charge in [0.25, 0.3) is 5.91 Å². The van der Waals surface area contributed by atoms with Crippen molar-refractivity contribution in [1.29, 1.82) is 0 Å². The number of para-hydroxylation sites is 1. The Balaban J connectivity index is 0.000000382. The molecule has 5 rings (SSSR count). The number of methoxy groups -OCH3 is 1. The zero-order valence-corrected chi connectivity index (χ0v) is 35.6. The number of nitrogens with one attached hydrogen (secondary N) is 2. The van der Waals surface area contributed by atoms with E-state index in [-0.39, 0.29) is 79.5 Å². The molecule has 2 amide bonds. The van der Waals surface area contributed by atoms with Gasteiger partial charge in [-0.25, -0.2) is 21.6 Å². The molecular weight excluding hydrogens is 832 g/mol. The van der Waals surface area contributed by atoms with Crippen molar-refractivity contribution in [3.8, 4) is 17.2 Å². The second-order valence-corrected chi connectivity index (χ2v) is 15.4. The van der Waals surface area contributed by atoms with Gasteiger partial charge < -0.3 is 30.5 Å². The largest absolute Gasteiger partial charge is 3.00 e. The van der Waals surface area contributed by atoms with Crippen LogP contribution in [0.3, 0.4) is 0 Å². The van der Waals surface area contributed by atoms with Crippen LogP contribution in [0.2, 0.25) is 0 Å². The van der Waals surface area contributed by atoms with Crippen LogP contribution < -0.4 is 60.6 Å². The number of fused-ring (bicyclic) bond motifs is 1. The molecule has 0 fully saturated rings. The molecule has 289 valence electrons. The third-order valence-electron chi connectivity index (χ3n) is 7.22. The first-order chi connectivity index (χ1) is 25.9. The molecule has 0 aliphatic rings. The van der Waals surface area contributed by atoms with Crippen LogP contribution in [0, 0.1) is 0 Å². The van der Waals surface area contributed by atoms with Gasteiger partial charge in [-0.1, -0.05) is 78.8 Å². The molecule has 21 heteroatoms. The van der Waals surface area contributed by atoms with Gasteiger partial charge in [-0.05, 0) is 47.9 Å². The van der Waals surface area contributed by atoms with Gasteiger partial charge in [0.1, 0.15) is 5.70 Å². The maximum Gasteiger partial charge on any atom is 3.00 e. The van der Waals surface area contributed by atoms with Crippen LogP contribution in [0.15, 0.2) is 139 Å². The average Bonchev–Trinajstić information content (AvgIpc) is 3.12. The first kappa shape index (κ1) is 47.8. The summed E-state index contributed by atoms with van der Waals surface area (Å²) in [7, 11) is -5.90. The molecule has 0 heterocycles. The molecule has 0 saturated carbocycles. The van der Waals surface area contributed by atoms with Gasteiger partial charge in [-0.3, -0.25) is 10.1 Å². The summed E-state index contributed by atoms with van der Waals surface area (Å²) in [6.45, 7) is 1.13. The molecule has 0 aliphatic heterocycles. The molecule has 0 bridgehead atoms. The molecule has 0 atom stereocenters. The maximum absolute atomic E-state index is 12.4. The smallest absolute Gasteiger partial charge is 0.874 e. The van der Waals surface area contributed by atoms with Crippen molar-refractivity contribution in [2.45, 2.75) is 16.7 Å². The number of carbonyl (C=O) groups excluding carboxylic acids is 2. The molecule has 0 spiro atoms. The minimum absolute atomic E-state index is 0. The van der Waals surface area contributed by atoms with Gasteiger partial charge in [0, 0.05) is 23.6 Å². The predicted molar refractivity (Wildman–Crippen MR) is 194 cm³/mol. The average molecular weight is 862 g/mol. The van der Waals surface area contributed by atoms with Crippen LogP contribution in [-0.4, -0.2) is 48.5 Å². The Bertz CT molecular complexity index is 2590. The monoisotopic (exact) mass is 861 g/mol. The quantitative estimate of drug-likeness (QED) is 0.0926. The topological polar surface area (TPSA) is 277 Å². The summed E-state index contributed by atoms with van der Waals surface area (Å²) in [6, 6.07) is 22.7.